The molecule has 1 saturated carbocycles. The van der Waals surface area contributed by atoms with E-state index in [2.05, 4.69) is 0 Å². The van der Waals surface area contributed by atoms with Gasteiger partial charge >= 0.3 is 0 Å². The van der Waals surface area contributed by atoms with Gasteiger partial charge in [-0.15, -0.1) is 0 Å². The average Bonchev–Trinajstić information content (AvgIpc) is 2.79. The lowest BCUT2D eigenvalue weighted by molar-refractivity contribution is 0.233. The molecule has 1 saturated heterocycles. The van der Waals surface area contributed by atoms with E-state index in [1.165, 1.54) is 6.42 Å². The van der Waals surface area contributed by atoms with Crippen molar-refractivity contribution in [2.45, 2.75) is 43.8 Å². The highest BCUT2D eigenvalue weighted by atomic mass is 32.2. The molecule has 1 atom stereocenters. The van der Waals surface area contributed by atoms with Gasteiger partial charge < -0.3 is 5.11 Å². The van der Waals surface area contributed by atoms with Crippen molar-refractivity contribution in [2.75, 3.05) is 19.7 Å². The molecule has 1 aliphatic carbocycles. The molecule has 2 fully saturated rings. The smallest absolute Gasteiger partial charge is 0.216 e. The van der Waals surface area contributed by atoms with Crippen molar-refractivity contribution in [2.24, 2.45) is 5.92 Å². The number of hydrogen-bond donors (Lipinski definition) is 1. The molecule has 94 valence electrons. The minimum absolute atomic E-state index is 0.108. The van der Waals surface area contributed by atoms with E-state index in [1.807, 2.05) is 0 Å². The summed E-state index contributed by atoms with van der Waals surface area (Å²) in [6.07, 6.45) is 5.71. The van der Waals surface area contributed by atoms with Crippen molar-refractivity contribution in [1.29, 1.82) is 0 Å². The molecule has 0 bridgehead atoms. The van der Waals surface area contributed by atoms with Crippen LogP contribution >= 0.6 is 0 Å². The van der Waals surface area contributed by atoms with Crippen LogP contribution < -0.4 is 0 Å². The van der Waals surface area contributed by atoms with E-state index >= 15 is 0 Å². The summed E-state index contributed by atoms with van der Waals surface area (Å²) in [4.78, 5) is 0. The Balaban J connectivity index is 2.01. The number of nitrogens with zero attached hydrogens (tertiary/aromatic N) is 1. The van der Waals surface area contributed by atoms with Gasteiger partial charge in [-0.05, 0) is 25.2 Å². The molecule has 0 radical (unpaired) electrons. The maximum absolute atomic E-state index is 12.3. The van der Waals surface area contributed by atoms with Crippen LogP contribution in [-0.2, 0) is 10.0 Å². The zero-order chi connectivity index (χ0) is 11.6. The van der Waals surface area contributed by atoms with E-state index in [9.17, 15) is 8.42 Å². The number of hydrogen-bond acceptors (Lipinski definition) is 3. The quantitative estimate of drug-likeness (QED) is 0.808. The summed E-state index contributed by atoms with van der Waals surface area (Å²) in [5, 5.41) is 8.88. The lowest BCUT2D eigenvalue weighted by atomic mass is 10.0. The van der Waals surface area contributed by atoms with Gasteiger partial charge in [0.05, 0.1) is 5.25 Å². The molecule has 0 spiro atoms. The highest BCUT2D eigenvalue weighted by molar-refractivity contribution is 7.89. The molecule has 0 amide bonds. The van der Waals surface area contributed by atoms with Crippen LogP contribution in [-0.4, -0.2) is 42.8 Å². The van der Waals surface area contributed by atoms with Gasteiger partial charge in [0, 0.05) is 19.7 Å². The van der Waals surface area contributed by atoms with Gasteiger partial charge in [-0.1, -0.05) is 19.3 Å². The summed E-state index contributed by atoms with van der Waals surface area (Å²) in [5.41, 5.74) is 0. The zero-order valence-electron chi connectivity index (χ0n) is 9.64. The van der Waals surface area contributed by atoms with E-state index < -0.39 is 10.0 Å². The molecule has 1 heterocycles. The van der Waals surface area contributed by atoms with Gasteiger partial charge in [0.25, 0.3) is 0 Å². The Bertz CT molecular complexity index is 322. The highest BCUT2D eigenvalue weighted by Gasteiger charge is 2.36. The summed E-state index contributed by atoms with van der Waals surface area (Å²) in [7, 11) is -3.08. The number of aliphatic hydroxyl groups is 1. The predicted molar refractivity (Wildman–Crippen MR) is 62.6 cm³/mol. The molecule has 5 heteroatoms. The van der Waals surface area contributed by atoms with Crippen molar-refractivity contribution in [3.63, 3.8) is 0 Å². The van der Waals surface area contributed by atoms with Crippen LogP contribution in [0.5, 0.6) is 0 Å². The monoisotopic (exact) mass is 247 g/mol. The Kier molecular flexibility index (Phi) is 3.87. The molecule has 16 heavy (non-hydrogen) atoms. The Labute approximate surface area is 97.7 Å². The molecule has 2 rings (SSSR count). The van der Waals surface area contributed by atoms with Crippen LogP contribution in [0.2, 0.25) is 0 Å². The lowest BCUT2D eigenvalue weighted by Gasteiger charge is -2.26. The third-order valence-corrected chi connectivity index (χ3v) is 6.21. The van der Waals surface area contributed by atoms with Crippen molar-refractivity contribution >= 4 is 10.0 Å². The summed E-state index contributed by atoms with van der Waals surface area (Å²) in [6, 6.07) is 0. The summed E-state index contributed by atoms with van der Waals surface area (Å²) in [6.45, 7) is 1.23. The largest absolute Gasteiger partial charge is 0.396 e. The van der Waals surface area contributed by atoms with E-state index in [0.717, 1.165) is 32.1 Å². The van der Waals surface area contributed by atoms with Crippen LogP contribution in [0.4, 0.5) is 0 Å². The minimum Gasteiger partial charge on any atom is -0.396 e. The lowest BCUT2D eigenvalue weighted by Crippen LogP contribution is -2.38. The van der Waals surface area contributed by atoms with Gasteiger partial charge in [0.2, 0.25) is 10.0 Å². The predicted octanol–water partition coefficient (Wildman–Crippen LogP) is 0.963. The Morgan fingerprint density at radius 2 is 1.81 bits per heavy atom. The zero-order valence-corrected chi connectivity index (χ0v) is 10.5. The first-order valence-electron chi connectivity index (χ1n) is 6.24. The minimum atomic E-state index is -3.08. The topological polar surface area (TPSA) is 57.6 Å². The molecule has 0 aromatic heterocycles. The maximum Gasteiger partial charge on any atom is 0.216 e. The molecule has 1 unspecified atom stereocenters. The number of aliphatic hydroxyl groups excluding tert-OH is 1. The summed E-state index contributed by atoms with van der Waals surface area (Å²) < 4.78 is 26.2. The first-order valence-corrected chi connectivity index (χ1v) is 7.74. The van der Waals surface area contributed by atoms with Crippen LogP contribution in [0.1, 0.15) is 38.5 Å². The Morgan fingerprint density at radius 3 is 2.38 bits per heavy atom. The fourth-order valence-corrected chi connectivity index (χ4v) is 4.88. The van der Waals surface area contributed by atoms with E-state index in [-0.39, 0.29) is 17.8 Å². The molecule has 1 aliphatic heterocycles. The summed E-state index contributed by atoms with van der Waals surface area (Å²) in [5.74, 6) is 0.151. The van der Waals surface area contributed by atoms with Crippen LogP contribution in [0, 0.1) is 5.92 Å². The SMILES string of the molecule is O=S(=O)(C1CCCCC1)N1CCC(CO)C1. The standard InChI is InChI=1S/C11H21NO3S/c13-9-10-6-7-12(8-10)16(14,15)11-4-2-1-3-5-11/h10-11,13H,1-9H2. The molecular formula is C11H21NO3S. The van der Waals surface area contributed by atoms with Gasteiger partial charge in [-0.25, -0.2) is 12.7 Å². The van der Waals surface area contributed by atoms with Crippen LogP contribution in [0.25, 0.3) is 0 Å². The average molecular weight is 247 g/mol. The normalized spacial score (nSPS) is 29.7. The van der Waals surface area contributed by atoms with E-state index in [4.69, 9.17) is 5.11 Å². The first kappa shape index (κ1) is 12.3. The molecular weight excluding hydrogens is 226 g/mol. The second-order valence-electron chi connectivity index (χ2n) is 5.00. The fraction of sp³-hybridized carbons (Fsp3) is 1.00. The van der Waals surface area contributed by atoms with Crippen LogP contribution in [0.3, 0.4) is 0 Å². The molecule has 0 aromatic carbocycles. The Hall–Kier alpha value is -0.130. The van der Waals surface area contributed by atoms with Crippen LogP contribution in [0.15, 0.2) is 0 Å². The maximum atomic E-state index is 12.3. The van der Waals surface area contributed by atoms with Gasteiger partial charge in [-0.2, -0.15) is 0 Å². The Morgan fingerprint density at radius 1 is 1.12 bits per heavy atom. The molecule has 1 N–H and O–H groups in total. The third kappa shape index (κ3) is 2.41. The second kappa shape index (κ2) is 5.02. The second-order valence-corrected chi connectivity index (χ2v) is 7.21. The van der Waals surface area contributed by atoms with Gasteiger partial charge in [-0.3, -0.25) is 0 Å². The molecule has 0 aromatic rings. The van der Waals surface area contributed by atoms with E-state index in [0.29, 0.717) is 13.1 Å². The molecule has 4 nitrogen and oxygen atoms in total. The first-order chi connectivity index (χ1) is 7.64. The number of rotatable bonds is 3. The molecule has 2 aliphatic rings. The summed E-state index contributed by atoms with van der Waals surface area (Å²) >= 11 is 0. The highest BCUT2D eigenvalue weighted by Crippen LogP contribution is 2.29. The van der Waals surface area contributed by atoms with Crippen molar-refractivity contribution < 1.29 is 13.5 Å². The fourth-order valence-electron chi connectivity index (χ4n) is 2.75. The van der Waals surface area contributed by atoms with Gasteiger partial charge in [0.15, 0.2) is 0 Å². The van der Waals surface area contributed by atoms with Crippen molar-refractivity contribution in [3.05, 3.63) is 0 Å². The van der Waals surface area contributed by atoms with Gasteiger partial charge in [0.1, 0.15) is 0 Å². The third-order valence-electron chi connectivity index (χ3n) is 3.84. The van der Waals surface area contributed by atoms with Crippen molar-refractivity contribution in [1.82, 2.24) is 4.31 Å². The number of sulfonamides is 1. The van der Waals surface area contributed by atoms with E-state index in [1.54, 1.807) is 4.31 Å². The van der Waals surface area contributed by atoms with Crippen molar-refractivity contribution in [3.8, 4) is 0 Å².